The maximum Gasteiger partial charge on any atom is 0.417 e. The third-order valence-electron chi connectivity index (χ3n) is 3.71. The SMILES string of the molecule is CC(=O)N1CCN(S(=O)(=O)c2ccc3oc(=O)[nH]c3c2)CC1. The number of carbonyl (C=O) groups excluding carboxylic acids is 1. The number of piperazine rings is 1. The standard InChI is InChI=1S/C13H15N3O5S/c1-9(17)15-4-6-16(7-5-15)22(19,20)10-2-3-12-11(8-10)14-13(18)21-12/h2-3,8H,4-7H2,1H3,(H,14,18). The summed E-state index contributed by atoms with van der Waals surface area (Å²) in [6, 6.07) is 4.24. The number of hydrogen-bond acceptors (Lipinski definition) is 5. The number of hydrogen-bond donors (Lipinski definition) is 1. The van der Waals surface area contributed by atoms with Crippen LogP contribution in [0.2, 0.25) is 0 Å². The average Bonchev–Trinajstić information content (AvgIpc) is 2.86. The zero-order chi connectivity index (χ0) is 15.9. The Labute approximate surface area is 126 Å². The summed E-state index contributed by atoms with van der Waals surface area (Å²) in [6.45, 7) is 2.72. The summed E-state index contributed by atoms with van der Waals surface area (Å²) in [4.78, 5) is 26.6. The number of benzene rings is 1. The Morgan fingerprint density at radius 2 is 1.91 bits per heavy atom. The number of sulfonamides is 1. The summed E-state index contributed by atoms with van der Waals surface area (Å²) in [7, 11) is -3.66. The van der Waals surface area contributed by atoms with Gasteiger partial charge in [-0.15, -0.1) is 0 Å². The quantitative estimate of drug-likeness (QED) is 0.835. The van der Waals surface area contributed by atoms with Gasteiger partial charge in [0, 0.05) is 33.1 Å². The molecule has 2 heterocycles. The molecule has 1 fully saturated rings. The fraction of sp³-hybridized carbons (Fsp3) is 0.385. The molecule has 0 spiro atoms. The van der Waals surface area contributed by atoms with Crippen LogP contribution in [-0.2, 0) is 14.8 Å². The van der Waals surface area contributed by atoms with E-state index < -0.39 is 15.8 Å². The highest BCUT2D eigenvalue weighted by atomic mass is 32.2. The Morgan fingerprint density at radius 3 is 2.55 bits per heavy atom. The lowest BCUT2D eigenvalue weighted by molar-refractivity contribution is -0.129. The van der Waals surface area contributed by atoms with Crippen molar-refractivity contribution in [3.63, 3.8) is 0 Å². The third-order valence-corrected chi connectivity index (χ3v) is 5.61. The molecule has 0 radical (unpaired) electrons. The van der Waals surface area contributed by atoms with Crippen molar-refractivity contribution in [1.82, 2.24) is 14.2 Å². The van der Waals surface area contributed by atoms with Gasteiger partial charge in [0.05, 0.1) is 10.4 Å². The van der Waals surface area contributed by atoms with Crippen LogP contribution in [0.1, 0.15) is 6.92 Å². The normalized spacial score (nSPS) is 17.0. The third kappa shape index (κ3) is 2.53. The van der Waals surface area contributed by atoms with Crippen LogP contribution >= 0.6 is 0 Å². The summed E-state index contributed by atoms with van der Waals surface area (Å²) in [5.41, 5.74) is 0.652. The molecule has 1 aliphatic heterocycles. The van der Waals surface area contributed by atoms with Gasteiger partial charge in [-0.05, 0) is 18.2 Å². The largest absolute Gasteiger partial charge is 0.417 e. The van der Waals surface area contributed by atoms with Crippen LogP contribution in [0.15, 0.2) is 32.3 Å². The highest BCUT2D eigenvalue weighted by Gasteiger charge is 2.29. The second-order valence-corrected chi connectivity index (χ2v) is 7.02. The van der Waals surface area contributed by atoms with Crippen LogP contribution in [0.5, 0.6) is 0 Å². The van der Waals surface area contributed by atoms with Gasteiger partial charge in [-0.2, -0.15) is 4.31 Å². The summed E-state index contributed by atoms with van der Waals surface area (Å²) in [6.07, 6.45) is 0. The zero-order valence-electron chi connectivity index (χ0n) is 11.9. The predicted molar refractivity (Wildman–Crippen MR) is 77.8 cm³/mol. The van der Waals surface area contributed by atoms with Crippen molar-refractivity contribution in [3.8, 4) is 0 Å². The van der Waals surface area contributed by atoms with E-state index in [0.717, 1.165) is 0 Å². The molecule has 1 aliphatic rings. The van der Waals surface area contributed by atoms with Crippen molar-refractivity contribution in [2.45, 2.75) is 11.8 Å². The molecule has 0 bridgehead atoms. The van der Waals surface area contributed by atoms with E-state index in [-0.39, 0.29) is 23.9 Å². The molecular formula is C13H15N3O5S. The van der Waals surface area contributed by atoms with E-state index in [1.165, 1.54) is 29.4 Å². The monoisotopic (exact) mass is 325 g/mol. The highest BCUT2D eigenvalue weighted by Crippen LogP contribution is 2.21. The van der Waals surface area contributed by atoms with E-state index in [1.807, 2.05) is 0 Å². The number of aromatic nitrogens is 1. The van der Waals surface area contributed by atoms with E-state index in [0.29, 0.717) is 24.2 Å². The Balaban J connectivity index is 1.88. The van der Waals surface area contributed by atoms with Crippen LogP contribution in [0, 0.1) is 0 Å². The molecule has 22 heavy (non-hydrogen) atoms. The lowest BCUT2D eigenvalue weighted by Gasteiger charge is -2.33. The van der Waals surface area contributed by atoms with Gasteiger partial charge in [0.25, 0.3) is 0 Å². The van der Waals surface area contributed by atoms with Crippen molar-refractivity contribution in [2.75, 3.05) is 26.2 Å². The second kappa shape index (κ2) is 5.25. The van der Waals surface area contributed by atoms with Gasteiger partial charge in [-0.1, -0.05) is 0 Å². The van der Waals surface area contributed by atoms with Crippen molar-refractivity contribution in [3.05, 3.63) is 28.7 Å². The molecule has 2 aromatic rings. The van der Waals surface area contributed by atoms with Crippen LogP contribution in [0.3, 0.4) is 0 Å². The predicted octanol–water partition coefficient (Wildman–Crippen LogP) is -0.0261. The first-order chi connectivity index (χ1) is 10.4. The summed E-state index contributed by atoms with van der Waals surface area (Å²) >= 11 is 0. The number of rotatable bonds is 2. The van der Waals surface area contributed by atoms with E-state index in [4.69, 9.17) is 4.42 Å². The van der Waals surface area contributed by atoms with E-state index >= 15 is 0 Å². The number of oxazole rings is 1. The summed E-state index contributed by atoms with van der Waals surface area (Å²) in [5, 5.41) is 0. The van der Waals surface area contributed by atoms with E-state index in [2.05, 4.69) is 4.98 Å². The number of nitrogens with zero attached hydrogens (tertiary/aromatic N) is 2. The van der Waals surface area contributed by atoms with E-state index in [9.17, 15) is 18.0 Å². The molecule has 9 heteroatoms. The Hall–Kier alpha value is -2.13. The maximum absolute atomic E-state index is 12.6. The van der Waals surface area contributed by atoms with Crippen LogP contribution in [0.25, 0.3) is 11.1 Å². The molecule has 1 aromatic carbocycles. The molecular weight excluding hydrogens is 310 g/mol. The number of fused-ring (bicyclic) bond motifs is 1. The lowest BCUT2D eigenvalue weighted by atomic mass is 10.3. The minimum Gasteiger partial charge on any atom is -0.408 e. The molecule has 0 aliphatic carbocycles. The minimum absolute atomic E-state index is 0.0607. The lowest BCUT2D eigenvalue weighted by Crippen LogP contribution is -2.49. The van der Waals surface area contributed by atoms with Crippen LogP contribution in [-0.4, -0.2) is 54.7 Å². The number of H-pyrrole nitrogens is 1. The molecule has 0 unspecified atom stereocenters. The van der Waals surface area contributed by atoms with Crippen molar-refractivity contribution in [2.24, 2.45) is 0 Å². The zero-order valence-corrected chi connectivity index (χ0v) is 12.7. The fourth-order valence-corrected chi connectivity index (χ4v) is 3.93. The summed E-state index contributed by atoms with van der Waals surface area (Å²) in [5.74, 6) is -0.686. The number of amides is 1. The molecule has 8 nitrogen and oxygen atoms in total. The number of aromatic amines is 1. The Bertz CT molecular complexity index is 874. The smallest absolute Gasteiger partial charge is 0.408 e. The maximum atomic E-state index is 12.6. The second-order valence-electron chi connectivity index (χ2n) is 5.08. The van der Waals surface area contributed by atoms with Crippen molar-refractivity contribution < 1.29 is 17.6 Å². The molecule has 1 amide bonds. The van der Waals surface area contributed by atoms with Gasteiger partial charge in [-0.3, -0.25) is 9.78 Å². The van der Waals surface area contributed by atoms with Crippen LogP contribution in [0.4, 0.5) is 0 Å². The van der Waals surface area contributed by atoms with Gasteiger partial charge in [0.15, 0.2) is 5.58 Å². The molecule has 1 aromatic heterocycles. The van der Waals surface area contributed by atoms with Gasteiger partial charge >= 0.3 is 5.76 Å². The molecule has 118 valence electrons. The average molecular weight is 325 g/mol. The Morgan fingerprint density at radius 1 is 1.23 bits per heavy atom. The number of carbonyl (C=O) groups is 1. The highest BCUT2D eigenvalue weighted by molar-refractivity contribution is 7.89. The minimum atomic E-state index is -3.66. The van der Waals surface area contributed by atoms with Gasteiger partial charge in [0.2, 0.25) is 15.9 Å². The topological polar surface area (TPSA) is 104 Å². The first kappa shape index (κ1) is 14.8. The molecule has 0 saturated carbocycles. The summed E-state index contributed by atoms with van der Waals surface area (Å²) < 4.78 is 31.4. The van der Waals surface area contributed by atoms with Crippen molar-refractivity contribution >= 4 is 27.0 Å². The first-order valence-electron chi connectivity index (χ1n) is 6.76. The number of nitrogens with one attached hydrogen (secondary N) is 1. The molecule has 1 saturated heterocycles. The van der Waals surface area contributed by atoms with E-state index in [1.54, 1.807) is 4.90 Å². The van der Waals surface area contributed by atoms with Gasteiger partial charge in [0.1, 0.15) is 0 Å². The van der Waals surface area contributed by atoms with Crippen molar-refractivity contribution in [1.29, 1.82) is 0 Å². The molecule has 1 N–H and O–H groups in total. The molecule has 3 rings (SSSR count). The van der Waals surface area contributed by atoms with Gasteiger partial charge in [-0.25, -0.2) is 13.2 Å². The van der Waals surface area contributed by atoms with Crippen LogP contribution < -0.4 is 5.76 Å². The molecule has 0 atom stereocenters. The fourth-order valence-electron chi connectivity index (χ4n) is 2.48. The van der Waals surface area contributed by atoms with Gasteiger partial charge < -0.3 is 9.32 Å². The first-order valence-corrected chi connectivity index (χ1v) is 8.20. The Kier molecular flexibility index (Phi) is 3.53.